The van der Waals surface area contributed by atoms with Gasteiger partial charge in [0.25, 0.3) is 0 Å². The van der Waals surface area contributed by atoms with Crippen LogP contribution in [0.2, 0.25) is 0 Å². The number of halogens is 1. The molecule has 0 unspecified atom stereocenters. The van der Waals surface area contributed by atoms with Crippen molar-refractivity contribution in [1.82, 2.24) is 9.97 Å². The molecule has 7 heteroatoms. The Bertz CT molecular complexity index is 855. The van der Waals surface area contributed by atoms with Crippen LogP contribution in [0, 0.1) is 0 Å². The lowest BCUT2D eigenvalue weighted by atomic mass is 10.2. The van der Waals surface area contributed by atoms with Crippen LogP contribution < -0.4 is 5.73 Å². The third-order valence-electron chi connectivity index (χ3n) is 2.79. The molecule has 0 saturated heterocycles. The van der Waals surface area contributed by atoms with Gasteiger partial charge in [0.15, 0.2) is 12.4 Å². The Balaban J connectivity index is 2.09. The summed E-state index contributed by atoms with van der Waals surface area (Å²) in [4.78, 5) is 14.2. The number of nitrogens with zero attached hydrogens (tertiary/aromatic N) is 3. The second kappa shape index (κ2) is 5.57. The number of nitrogens with two attached hydrogens (primary N) is 1. The van der Waals surface area contributed by atoms with Crippen LogP contribution in [0.3, 0.4) is 0 Å². The summed E-state index contributed by atoms with van der Waals surface area (Å²) in [6.45, 7) is 4.10. The zero-order valence-corrected chi connectivity index (χ0v) is 14.0. The van der Waals surface area contributed by atoms with Crippen molar-refractivity contribution in [3.63, 3.8) is 0 Å². The maximum absolute atomic E-state index is 6.01. The smallest absolute Gasteiger partial charge is 0.168 e. The predicted molar refractivity (Wildman–Crippen MR) is 90.6 cm³/mol. The van der Waals surface area contributed by atoms with Gasteiger partial charge in [-0.05, 0) is 26.0 Å². The molecule has 1 aromatic carbocycles. The lowest BCUT2D eigenvalue weighted by molar-refractivity contribution is 0.130. The average Bonchev–Trinajstić information content (AvgIpc) is 2.82. The molecule has 5 nitrogen and oxygen atoms in total. The van der Waals surface area contributed by atoms with Crippen molar-refractivity contribution < 1.29 is 4.84 Å². The van der Waals surface area contributed by atoms with E-state index in [1.165, 1.54) is 0 Å². The van der Waals surface area contributed by atoms with Gasteiger partial charge in [-0.2, -0.15) is 0 Å². The first-order valence-electron chi connectivity index (χ1n) is 6.32. The molecule has 0 aliphatic carbocycles. The van der Waals surface area contributed by atoms with Gasteiger partial charge in [-0.15, -0.1) is 11.3 Å². The Morgan fingerprint density at radius 2 is 2.19 bits per heavy atom. The fourth-order valence-electron chi connectivity index (χ4n) is 1.97. The van der Waals surface area contributed by atoms with Crippen LogP contribution >= 0.6 is 27.3 Å². The Labute approximate surface area is 134 Å². The molecule has 108 valence electrons. The van der Waals surface area contributed by atoms with Crippen molar-refractivity contribution in [2.45, 2.75) is 20.5 Å². The Hall–Kier alpha value is -1.73. The molecule has 0 amide bonds. The van der Waals surface area contributed by atoms with E-state index in [1.807, 2.05) is 32.0 Å². The van der Waals surface area contributed by atoms with Gasteiger partial charge in [0.1, 0.15) is 10.5 Å². The molecular weight excluding hydrogens is 352 g/mol. The van der Waals surface area contributed by atoms with E-state index >= 15 is 0 Å². The summed E-state index contributed by atoms with van der Waals surface area (Å²) in [5.74, 6) is 0.438. The average molecular weight is 365 g/mol. The monoisotopic (exact) mass is 364 g/mol. The molecule has 2 N–H and O–H groups in total. The summed E-state index contributed by atoms with van der Waals surface area (Å²) in [6, 6.07) is 5.96. The van der Waals surface area contributed by atoms with Crippen molar-refractivity contribution in [2.24, 2.45) is 5.16 Å². The number of aromatic nitrogens is 2. The van der Waals surface area contributed by atoms with E-state index in [0.29, 0.717) is 12.4 Å². The summed E-state index contributed by atoms with van der Waals surface area (Å²) in [7, 11) is 0. The highest BCUT2D eigenvalue weighted by Gasteiger charge is 2.12. The summed E-state index contributed by atoms with van der Waals surface area (Å²) in [5, 5.41) is 5.79. The molecule has 0 fully saturated rings. The van der Waals surface area contributed by atoms with Gasteiger partial charge in [-0.3, -0.25) is 0 Å². The highest BCUT2D eigenvalue weighted by atomic mass is 79.9. The van der Waals surface area contributed by atoms with Crippen molar-refractivity contribution >= 4 is 59.9 Å². The number of hydrogen-bond donors (Lipinski definition) is 1. The number of hydrogen-bond acceptors (Lipinski definition) is 6. The van der Waals surface area contributed by atoms with Crippen LogP contribution in [0.4, 0.5) is 5.82 Å². The maximum atomic E-state index is 6.01. The molecule has 3 aromatic rings. The summed E-state index contributed by atoms with van der Waals surface area (Å²) in [5.41, 5.74) is 8.46. The Morgan fingerprint density at radius 1 is 1.38 bits per heavy atom. The largest absolute Gasteiger partial charge is 0.388 e. The lowest BCUT2D eigenvalue weighted by Crippen LogP contribution is -1.93. The minimum Gasteiger partial charge on any atom is -0.388 e. The fraction of sp³-hybridized carbons (Fsp3) is 0.214. The lowest BCUT2D eigenvalue weighted by Gasteiger charge is -2.01. The van der Waals surface area contributed by atoms with Gasteiger partial charge in [-0.1, -0.05) is 27.2 Å². The number of oxime groups is 1. The van der Waals surface area contributed by atoms with E-state index in [2.05, 4.69) is 31.1 Å². The molecule has 0 saturated carbocycles. The second-order valence-electron chi connectivity index (χ2n) is 4.76. The van der Waals surface area contributed by atoms with Gasteiger partial charge < -0.3 is 10.6 Å². The van der Waals surface area contributed by atoms with Gasteiger partial charge in [0.05, 0.1) is 15.9 Å². The van der Waals surface area contributed by atoms with Crippen molar-refractivity contribution in [3.8, 4) is 0 Å². The van der Waals surface area contributed by atoms with Gasteiger partial charge in [-0.25, -0.2) is 9.97 Å². The van der Waals surface area contributed by atoms with Crippen molar-refractivity contribution in [2.75, 3.05) is 5.73 Å². The second-order valence-corrected chi connectivity index (χ2v) is 6.76. The first-order chi connectivity index (χ1) is 10.0. The topological polar surface area (TPSA) is 73.4 Å². The molecule has 2 heterocycles. The number of thiazole rings is 1. The molecule has 3 rings (SSSR count). The minimum atomic E-state index is 0.335. The maximum Gasteiger partial charge on any atom is 0.168 e. The van der Waals surface area contributed by atoms with Crippen LogP contribution in [0.5, 0.6) is 0 Å². The van der Waals surface area contributed by atoms with E-state index in [-0.39, 0.29) is 0 Å². The first-order valence-corrected chi connectivity index (χ1v) is 7.93. The number of rotatable bonds is 3. The van der Waals surface area contributed by atoms with E-state index in [9.17, 15) is 0 Å². The van der Waals surface area contributed by atoms with Gasteiger partial charge in [0.2, 0.25) is 0 Å². The first kappa shape index (κ1) is 14.2. The Morgan fingerprint density at radius 3 is 2.95 bits per heavy atom. The van der Waals surface area contributed by atoms with Crippen molar-refractivity contribution in [1.29, 1.82) is 0 Å². The zero-order valence-electron chi connectivity index (χ0n) is 11.6. The molecule has 0 bridgehead atoms. The van der Waals surface area contributed by atoms with Gasteiger partial charge >= 0.3 is 0 Å². The fourth-order valence-corrected chi connectivity index (χ4v) is 3.33. The minimum absolute atomic E-state index is 0.335. The Kier molecular flexibility index (Phi) is 3.77. The van der Waals surface area contributed by atoms with E-state index in [0.717, 1.165) is 36.3 Å². The van der Waals surface area contributed by atoms with Crippen LogP contribution in [0.25, 0.3) is 21.1 Å². The van der Waals surface area contributed by atoms with E-state index in [1.54, 1.807) is 11.3 Å². The normalized spacial score (nSPS) is 11.0. The zero-order chi connectivity index (χ0) is 15.0. The molecule has 0 aliphatic rings. The third kappa shape index (κ3) is 2.84. The molecule has 0 spiro atoms. The summed E-state index contributed by atoms with van der Waals surface area (Å²) >= 11 is 5.00. The molecular formula is C14H13BrN4OS. The van der Waals surface area contributed by atoms with Crippen LogP contribution in [-0.4, -0.2) is 15.7 Å². The number of nitrogen functional groups attached to an aromatic ring is 1. The quantitative estimate of drug-likeness (QED) is 0.560. The molecule has 0 atom stereocenters. The molecule has 0 aliphatic heterocycles. The number of pyridine rings is 1. The highest BCUT2D eigenvalue weighted by molar-refractivity contribution is 9.10. The SMILES string of the molecule is CC(C)=NOCc1nc2c(N)nc3cc(Br)ccc3c2s1. The van der Waals surface area contributed by atoms with Gasteiger partial charge in [0, 0.05) is 9.86 Å². The van der Waals surface area contributed by atoms with E-state index < -0.39 is 0 Å². The molecule has 0 radical (unpaired) electrons. The van der Waals surface area contributed by atoms with Crippen LogP contribution in [-0.2, 0) is 11.4 Å². The molecule has 2 aromatic heterocycles. The highest BCUT2D eigenvalue weighted by Crippen LogP contribution is 2.33. The van der Waals surface area contributed by atoms with Crippen LogP contribution in [0.1, 0.15) is 18.9 Å². The number of benzene rings is 1. The predicted octanol–water partition coefficient (Wildman–Crippen LogP) is 4.10. The van der Waals surface area contributed by atoms with E-state index in [4.69, 9.17) is 10.6 Å². The van der Waals surface area contributed by atoms with Crippen LogP contribution in [0.15, 0.2) is 27.8 Å². The number of anilines is 1. The van der Waals surface area contributed by atoms with Crippen molar-refractivity contribution in [3.05, 3.63) is 27.7 Å². The number of fused-ring (bicyclic) bond motifs is 3. The third-order valence-corrected chi connectivity index (χ3v) is 4.35. The standard InChI is InChI=1S/C14H13BrN4OS/c1-7(2)19-20-6-11-18-12-13(21-11)9-4-3-8(15)5-10(9)17-14(12)16/h3-5H,6H2,1-2H3,(H2,16,17). The summed E-state index contributed by atoms with van der Waals surface area (Å²) < 4.78 is 2.00. The summed E-state index contributed by atoms with van der Waals surface area (Å²) in [6.07, 6.45) is 0. The molecule has 21 heavy (non-hydrogen) atoms.